The van der Waals surface area contributed by atoms with Gasteiger partial charge in [-0.25, -0.2) is 4.98 Å². The number of carbonyl (C=O) groups is 1. The zero-order valence-electron chi connectivity index (χ0n) is 17.2. The first-order valence-corrected chi connectivity index (χ1v) is 9.69. The van der Waals surface area contributed by atoms with Crippen molar-refractivity contribution in [3.05, 3.63) is 84.1 Å². The third-order valence-corrected chi connectivity index (χ3v) is 4.73. The van der Waals surface area contributed by atoms with E-state index in [1.807, 2.05) is 98.7 Å². The van der Waals surface area contributed by atoms with Crippen molar-refractivity contribution >= 4 is 39.8 Å². The molecule has 0 saturated carbocycles. The fourth-order valence-electron chi connectivity index (χ4n) is 3.22. The Hall–Kier alpha value is -3.93. The second-order valence-electron chi connectivity index (χ2n) is 7.27. The van der Waals surface area contributed by atoms with Crippen LogP contribution in [0.25, 0.3) is 10.8 Å². The summed E-state index contributed by atoms with van der Waals surface area (Å²) in [6.07, 6.45) is 0. The largest absolute Gasteiger partial charge is 0.363 e. The molecule has 0 spiro atoms. The molecule has 150 valence electrons. The molecule has 3 aromatic carbocycles. The van der Waals surface area contributed by atoms with Crippen LogP contribution in [-0.2, 0) is 0 Å². The first-order chi connectivity index (χ1) is 14.5. The Labute approximate surface area is 175 Å². The minimum Gasteiger partial charge on any atom is -0.363 e. The van der Waals surface area contributed by atoms with E-state index in [0.29, 0.717) is 11.5 Å². The molecule has 0 aliphatic rings. The van der Waals surface area contributed by atoms with Gasteiger partial charge < -0.3 is 15.5 Å². The molecule has 1 heterocycles. The molecule has 6 heteroatoms. The van der Waals surface area contributed by atoms with E-state index in [4.69, 9.17) is 0 Å². The highest BCUT2D eigenvalue weighted by Gasteiger charge is 2.10. The van der Waals surface area contributed by atoms with Crippen LogP contribution in [-0.4, -0.2) is 30.0 Å². The third-order valence-electron chi connectivity index (χ3n) is 4.73. The highest BCUT2D eigenvalue weighted by atomic mass is 16.1. The van der Waals surface area contributed by atoms with Gasteiger partial charge in [0.05, 0.1) is 0 Å². The highest BCUT2D eigenvalue weighted by molar-refractivity contribution is 6.12. The smallest absolute Gasteiger partial charge is 0.256 e. The van der Waals surface area contributed by atoms with Crippen molar-refractivity contribution in [2.24, 2.45) is 0 Å². The molecule has 0 atom stereocenters. The maximum atomic E-state index is 12.8. The first kappa shape index (κ1) is 19.4. The van der Waals surface area contributed by atoms with Crippen LogP contribution >= 0.6 is 0 Å². The van der Waals surface area contributed by atoms with Crippen molar-refractivity contribution in [3.63, 3.8) is 0 Å². The van der Waals surface area contributed by atoms with Crippen LogP contribution in [0.15, 0.2) is 72.8 Å². The summed E-state index contributed by atoms with van der Waals surface area (Å²) < 4.78 is 0. The third kappa shape index (κ3) is 4.22. The molecule has 6 nitrogen and oxygen atoms in total. The summed E-state index contributed by atoms with van der Waals surface area (Å²) in [6, 6.07) is 23.0. The van der Waals surface area contributed by atoms with Crippen molar-refractivity contribution in [1.29, 1.82) is 0 Å². The maximum Gasteiger partial charge on any atom is 0.256 e. The standard InChI is InChI=1S/C24H23N5O/c1-16-15-22(29(2)3)28-24(25-16)27-19-13-11-18(12-14-19)26-23(30)21-10-6-8-17-7-4-5-9-20(17)21/h4-15H,1-3H3,(H,26,30)(H,25,27,28). The van der Waals surface area contributed by atoms with Gasteiger partial charge in [-0.3, -0.25) is 4.79 Å². The maximum absolute atomic E-state index is 12.8. The summed E-state index contributed by atoms with van der Waals surface area (Å²) in [4.78, 5) is 23.7. The minimum absolute atomic E-state index is 0.134. The number of anilines is 4. The van der Waals surface area contributed by atoms with Gasteiger partial charge in [-0.05, 0) is 48.0 Å². The number of rotatable bonds is 5. The molecule has 4 rings (SSSR count). The summed E-state index contributed by atoms with van der Waals surface area (Å²) in [5, 5.41) is 8.16. The predicted molar refractivity (Wildman–Crippen MR) is 123 cm³/mol. The Morgan fingerprint density at radius 1 is 0.867 bits per heavy atom. The summed E-state index contributed by atoms with van der Waals surface area (Å²) in [5.74, 6) is 1.24. The fourth-order valence-corrected chi connectivity index (χ4v) is 3.22. The van der Waals surface area contributed by atoms with Gasteiger partial charge in [0.25, 0.3) is 5.91 Å². The monoisotopic (exact) mass is 397 g/mol. The zero-order valence-corrected chi connectivity index (χ0v) is 17.2. The van der Waals surface area contributed by atoms with E-state index < -0.39 is 0 Å². The molecular formula is C24H23N5O. The normalized spacial score (nSPS) is 10.6. The average Bonchev–Trinajstić information content (AvgIpc) is 2.74. The number of aryl methyl sites for hydroxylation is 1. The number of hydrogen-bond donors (Lipinski definition) is 2. The lowest BCUT2D eigenvalue weighted by Crippen LogP contribution is -2.13. The molecule has 30 heavy (non-hydrogen) atoms. The Morgan fingerprint density at radius 2 is 1.57 bits per heavy atom. The zero-order chi connectivity index (χ0) is 21.1. The molecule has 0 radical (unpaired) electrons. The number of nitrogens with zero attached hydrogens (tertiary/aromatic N) is 3. The molecule has 0 bridgehead atoms. The number of carbonyl (C=O) groups excluding carboxylic acids is 1. The highest BCUT2D eigenvalue weighted by Crippen LogP contribution is 2.22. The predicted octanol–water partition coefficient (Wildman–Crippen LogP) is 5.00. The van der Waals surface area contributed by atoms with Crippen molar-refractivity contribution < 1.29 is 4.79 Å². The molecule has 1 aromatic heterocycles. The minimum atomic E-state index is -0.134. The van der Waals surface area contributed by atoms with E-state index in [-0.39, 0.29) is 5.91 Å². The van der Waals surface area contributed by atoms with Gasteiger partial charge in [0, 0.05) is 42.8 Å². The van der Waals surface area contributed by atoms with Crippen LogP contribution in [0.4, 0.5) is 23.1 Å². The number of benzene rings is 3. The number of aromatic nitrogens is 2. The summed E-state index contributed by atoms with van der Waals surface area (Å²) >= 11 is 0. The lowest BCUT2D eigenvalue weighted by Gasteiger charge is -2.14. The average molecular weight is 397 g/mol. The second kappa shape index (κ2) is 8.21. The van der Waals surface area contributed by atoms with Crippen molar-refractivity contribution in [1.82, 2.24) is 9.97 Å². The molecule has 0 saturated heterocycles. The van der Waals surface area contributed by atoms with E-state index in [0.717, 1.165) is 33.7 Å². The lowest BCUT2D eigenvalue weighted by atomic mass is 10.0. The quantitative estimate of drug-likeness (QED) is 0.496. The Bertz CT molecular complexity index is 1200. The number of fused-ring (bicyclic) bond motifs is 1. The molecular weight excluding hydrogens is 374 g/mol. The second-order valence-corrected chi connectivity index (χ2v) is 7.27. The topological polar surface area (TPSA) is 70.2 Å². The van der Waals surface area contributed by atoms with E-state index >= 15 is 0 Å². The molecule has 2 N–H and O–H groups in total. The van der Waals surface area contributed by atoms with Crippen LogP contribution in [0.3, 0.4) is 0 Å². The van der Waals surface area contributed by atoms with E-state index in [9.17, 15) is 4.79 Å². The van der Waals surface area contributed by atoms with E-state index in [2.05, 4.69) is 20.6 Å². The first-order valence-electron chi connectivity index (χ1n) is 9.69. The Balaban J connectivity index is 1.49. The van der Waals surface area contributed by atoms with Gasteiger partial charge in [-0.2, -0.15) is 4.98 Å². The molecule has 4 aromatic rings. The molecule has 0 aliphatic heterocycles. The molecule has 1 amide bonds. The number of amides is 1. The number of nitrogens with one attached hydrogen (secondary N) is 2. The van der Waals surface area contributed by atoms with Crippen LogP contribution in [0.2, 0.25) is 0 Å². The summed E-state index contributed by atoms with van der Waals surface area (Å²) in [6.45, 7) is 1.94. The molecule has 0 fully saturated rings. The van der Waals surface area contributed by atoms with Crippen molar-refractivity contribution in [3.8, 4) is 0 Å². The van der Waals surface area contributed by atoms with Crippen LogP contribution in [0.5, 0.6) is 0 Å². The van der Waals surface area contributed by atoms with Gasteiger partial charge >= 0.3 is 0 Å². The van der Waals surface area contributed by atoms with Gasteiger partial charge in [0.15, 0.2) is 0 Å². The van der Waals surface area contributed by atoms with Gasteiger partial charge in [-0.1, -0.05) is 36.4 Å². The van der Waals surface area contributed by atoms with Gasteiger partial charge in [0.2, 0.25) is 5.95 Å². The Kier molecular flexibility index (Phi) is 5.30. The van der Waals surface area contributed by atoms with Crippen LogP contribution < -0.4 is 15.5 Å². The van der Waals surface area contributed by atoms with Gasteiger partial charge in [-0.15, -0.1) is 0 Å². The summed E-state index contributed by atoms with van der Waals surface area (Å²) in [7, 11) is 3.89. The number of hydrogen-bond acceptors (Lipinski definition) is 5. The van der Waals surface area contributed by atoms with Crippen molar-refractivity contribution in [2.75, 3.05) is 29.6 Å². The molecule has 0 aliphatic carbocycles. The molecule has 0 unspecified atom stereocenters. The van der Waals surface area contributed by atoms with E-state index in [1.54, 1.807) is 0 Å². The van der Waals surface area contributed by atoms with Crippen LogP contribution in [0, 0.1) is 6.92 Å². The van der Waals surface area contributed by atoms with E-state index in [1.165, 1.54) is 0 Å². The van der Waals surface area contributed by atoms with Crippen molar-refractivity contribution in [2.45, 2.75) is 6.92 Å². The Morgan fingerprint density at radius 3 is 2.33 bits per heavy atom. The fraction of sp³-hybridized carbons (Fsp3) is 0.125. The van der Waals surface area contributed by atoms with Crippen LogP contribution in [0.1, 0.15) is 16.1 Å². The van der Waals surface area contributed by atoms with Gasteiger partial charge in [0.1, 0.15) is 5.82 Å². The summed E-state index contributed by atoms with van der Waals surface area (Å²) in [5.41, 5.74) is 3.10. The SMILES string of the molecule is Cc1cc(N(C)C)nc(Nc2ccc(NC(=O)c3cccc4ccccc34)cc2)n1. The lowest BCUT2D eigenvalue weighted by molar-refractivity contribution is 0.102.